The highest BCUT2D eigenvalue weighted by atomic mass is 16.5. The first-order valence-corrected chi connectivity index (χ1v) is 6.35. The summed E-state index contributed by atoms with van der Waals surface area (Å²) in [5, 5.41) is 13.4. The number of carboxylic acids is 1. The smallest absolute Gasteiger partial charge is 0.326 e. The fourth-order valence-corrected chi connectivity index (χ4v) is 1.53. The van der Waals surface area contributed by atoms with Crippen molar-refractivity contribution in [3.8, 4) is 0 Å². The lowest BCUT2D eigenvalue weighted by Crippen LogP contribution is -2.54. The predicted molar refractivity (Wildman–Crippen MR) is 72.2 cm³/mol. The van der Waals surface area contributed by atoms with E-state index < -0.39 is 36.0 Å². The van der Waals surface area contributed by atoms with Crippen molar-refractivity contribution < 1.29 is 29.0 Å². The Hall–Kier alpha value is -2.32. The molecule has 0 saturated heterocycles. The van der Waals surface area contributed by atoms with Crippen LogP contribution in [0.25, 0.3) is 0 Å². The number of amides is 3. The van der Waals surface area contributed by atoms with Crippen LogP contribution in [0.15, 0.2) is 0 Å². The Morgan fingerprint density at radius 1 is 1.19 bits per heavy atom. The number of primary amides is 1. The Morgan fingerprint density at radius 2 is 1.76 bits per heavy atom. The minimum absolute atomic E-state index is 0.127. The van der Waals surface area contributed by atoms with Crippen molar-refractivity contribution in [3.05, 3.63) is 0 Å². The van der Waals surface area contributed by atoms with Gasteiger partial charge in [-0.05, 0) is 12.3 Å². The fourth-order valence-electron chi connectivity index (χ4n) is 1.53. The van der Waals surface area contributed by atoms with Crippen LogP contribution in [-0.2, 0) is 19.1 Å². The zero-order valence-electron chi connectivity index (χ0n) is 12.2. The quantitative estimate of drug-likeness (QED) is 0.431. The number of hydrogen-bond donors (Lipinski definition) is 4. The molecule has 21 heavy (non-hydrogen) atoms. The minimum Gasteiger partial charge on any atom is -0.480 e. The van der Waals surface area contributed by atoms with Crippen molar-refractivity contribution in [3.63, 3.8) is 0 Å². The number of rotatable bonds is 8. The summed E-state index contributed by atoms with van der Waals surface area (Å²) in [6.07, 6.45) is -0.282. The second-order valence-electron chi connectivity index (χ2n) is 4.75. The molecule has 0 aromatic heterocycles. The predicted octanol–water partition coefficient (Wildman–Crippen LogP) is -0.798. The summed E-state index contributed by atoms with van der Waals surface area (Å²) in [5.41, 5.74) is 5.13. The van der Waals surface area contributed by atoms with Gasteiger partial charge in [-0.3, -0.25) is 9.59 Å². The van der Waals surface area contributed by atoms with Crippen LogP contribution in [0.2, 0.25) is 0 Å². The van der Waals surface area contributed by atoms with E-state index in [0.717, 1.165) is 0 Å². The molecule has 0 heterocycles. The van der Waals surface area contributed by atoms with E-state index in [4.69, 9.17) is 10.8 Å². The van der Waals surface area contributed by atoms with Crippen LogP contribution >= 0.6 is 0 Å². The van der Waals surface area contributed by atoms with Gasteiger partial charge < -0.3 is 26.2 Å². The van der Waals surface area contributed by atoms with Gasteiger partial charge in [-0.25, -0.2) is 9.59 Å². The molecule has 5 N–H and O–H groups in total. The molecule has 0 rings (SSSR count). The summed E-state index contributed by atoms with van der Waals surface area (Å²) in [6.45, 7) is 3.36. The van der Waals surface area contributed by atoms with Gasteiger partial charge in [0.25, 0.3) is 0 Å². The van der Waals surface area contributed by atoms with Gasteiger partial charge in [0.05, 0.1) is 7.11 Å². The summed E-state index contributed by atoms with van der Waals surface area (Å²) in [7, 11) is 1.18. The van der Waals surface area contributed by atoms with Gasteiger partial charge >= 0.3 is 18.0 Å². The van der Waals surface area contributed by atoms with E-state index in [2.05, 4.69) is 15.4 Å². The minimum atomic E-state index is -1.30. The number of aliphatic carboxylic acids is 1. The van der Waals surface area contributed by atoms with E-state index in [0.29, 0.717) is 0 Å². The maximum Gasteiger partial charge on any atom is 0.326 e. The highest BCUT2D eigenvalue weighted by Gasteiger charge is 2.25. The molecule has 0 aromatic carbocycles. The lowest BCUT2D eigenvalue weighted by molar-refractivity contribution is -0.142. The summed E-state index contributed by atoms with van der Waals surface area (Å²) in [6, 6.07) is -3.03. The molecule has 0 saturated carbocycles. The van der Waals surface area contributed by atoms with E-state index in [-0.39, 0.29) is 18.8 Å². The molecule has 0 spiro atoms. The zero-order chi connectivity index (χ0) is 16.6. The van der Waals surface area contributed by atoms with Crippen molar-refractivity contribution in [2.24, 2.45) is 11.7 Å². The van der Waals surface area contributed by atoms with Crippen LogP contribution in [0.4, 0.5) is 4.79 Å². The van der Waals surface area contributed by atoms with E-state index >= 15 is 0 Å². The summed E-state index contributed by atoms with van der Waals surface area (Å²) < 4.78 is 4.39. The van der Waals surface area contributed by atoms with Crippen molar-refractivity contribution in [1.82, 2.24) is 10.6 Å². The average Bonchev–Trinajstić information content (AvgIpc) is 2.39. The van der Waals surface area contributed by atoms with Gasteiger partial charge in [-0.2, -0.15) is 0 Å². The van der Waals surface area contributed by atoms with E-state index in [1.807, 2.05) is 0 Å². The van der Waals surface area contributed by atoms with Gasteiger partial charge in [-0.1, -0.05) is 13.8 Å². The second kappa shape index (κ2) is 8.77. The molecule has 0 bridgehead atoms. The number of methoxy groups -OCH3 is 1. The van der Waals surface area contributed by atoms with Gasteiger partial charge in [0, 0.05) is 6.42 Å². The molecule has 1 unspecified atom stereocenters. The highest BCUT2D eigenvalue weighted by Crippen LogP contribution is 2.02. The van der Waals surface area contributed by atoms with Gasteiger partial charge in [-0.15, -0.1) is 0 Å². The van der Waals surface area contributed by atoms with Crippen LogP contribution in [0.3, 0.4) is 0 Å². The Morgan fingerprint density at radius 3 is 2.14 bits per heavy atom. The topological polar surface area (TPSA) is 148 Å². The van der Waals surface area contributed by atoms with Crippen molar-refractivity contribution in [1.29, 1.82) is 0 Å². The molecule has 0 aliphatic rings. The summed E-state index contributed by atoms with van der Waals surface area (Å²) in [4.78, 5) is 44.8. The summed E-state index contributed by atoms with van der Waals surface area (Å²) >= 11 is 0. The largest absolute Gasteiger partial charge is 0.480 e. The Balaban J connectivity index is 4.57. The van der Waals surface area contributed by atoms with Crippen LogP contribution < -0.4 is 16.4 Å². The standard InChI is InChI=1S/C12H21N3O6/c1-6(2)9(10(13)17)15-12(20)14-7(11(18)19)4-5-8(16)21-3/h6-7,9H,4-5H2,1-3H3,(H2,13,17)(H,18,19)(H2,14,15,20)/t7-,9?/m1/s1. The molecule has 0 aliphatic heterocycles. The number of nitrogens with two attached hydrogens (primary N) is 1. The van der Waals surface area contributed by atoms with Crippen molar-refractivity contribution in [2.45, 2.75) is 38.8 Å². The van der Waals surface area contributed by atoms with Gasteiger partial charge in [0.2, 0.25) is 5.91 Å². The number of carboxylic acid groups (broad SMARTS) is 1. The normalized spacial score (nSPS) is 13.1. The fraction of sp³-hybridized carbons (Fsp3) is 0.667. The van der Waals surface area contributed by atoms with E-state index in [1.54, 1.807) is 13.8 Å². The third kappa shape index (κ3) is 7.14. The van der Waals surface area contributed by atoms with E-state index in [1.165, 1.54) is 7.11 Å². The number of ether oxygens (including phenoxy) is 1. The van der Waals surface area contributed by atoms with Crippen LogP contribution in [0.1, 0.15) is 26.7 Å². The first kappa shape index (κ1) is 18.7. The molecular formula is C12H21N3O6. The Kier molecular flexibility index (Phi) is 7.80. The number of nitrogens with one attached hydrogen (secondary N) is 2. The summed E-state index contributed by atoms with van der Waals surface area (Å²) in [5.74, 6) is -2.84. The molecule has 2 atom stereocenters. The average molecular weight is 303 g/mol. The molecule has 120 valence electrons. The first-order chi connectivity index (χ1) is 9.68. The monoisotopic (exact) mass is 303 g/mol. The van der Waals surface area contributed by atoms with Crippen LogP contribution in [0, 0.1) is 5.92 Å². The van der Waals surface area contributed by atoms with Crippen molar-refractivity contribution in [2.75, 3.05) is 7.11 Å². The second-order valence-corrected chi connectivity index (χ2v) is 4.75. The first-order valence-electron chi connectivity index (χ1n) is 6.35. The molecule has 0 fully saturated rings. The van der Waals surface area contributed by atoms with Gasteiger partial charge in [0.1, 0.15) is 12.1 Å². The molecule has 3 amide bonds. The molecular weight excluding hydrogens is 282 g/mol. The maximum absolute atomic E-state index is 11.7. The van der Waals surface area contributed by atoms with Crippen molar-refractivity contribution >= 4 is 23.9 Å². The maximum atomic E-state index is 11.7. The SMILES string of the molecule is COC(=O)CC[C@@H](NC(=O)NC(C(N)=O)C(C)C)C(=O)O. The molecule has 9 nitrogen and oxygen atoms in total. The number of carbonyl (C=O) groups is 4. The molecule has 0 aromatic rings. The Labute approximate surface area is 122 Å². The third-order valence-corrected chi connectivity index (χ3v) is 2.73. The lowest BCUT2D eigenvalue weighted by atomic mass is 10.0. The molecule has 0 aliphatic carbocycles. The third-order valence-electron chi connectivity index (χ3n) is 2.73. The number of hydrogen-bond acceptors (Lipinski definition) is 5. The molecule has 9 heteroatoms. The Bertz CT molecular complexity index is 410. The van der Waals surface area contributed by atoms with Crippen LogP contribution in [0.5, 0.6) is 0 Å². The van der Waals surface area contributed by atoms with Crippen LogP contribution in [-0.4, -0.2) is 48.2 Å². The number of esters is 1. The zero-order valence-corrected chi connectivity index (χ0v) is 12.2. The number of carbonyl (C=O) groups excluding carboxylic acids is 3. The molecule has 0 radical (unpaired) electrons. The lowest BCUT2D eigenvalue weighted by Gasteiger charge is -2.21. The highest BCUT2D eigenvalue weighted by molar-refractivity contribution is 5.88. The van der Waals surface area contributed by atoms with Gasteiger partial charge in [0.15, 0.2) is 0 Å². The van der Waals surface area contributed by atoms with E-state index in [9.17, 15) is 19.2 Å². The number of urea groups is 1.